The van der Waals surface area contributed by atoms with Crippen LogP contribution >= 0.6 is 0 Å². The minimum Gasteiger partial charge on any atom is -0.305 e. The van der Waals surface area contributed by atoms with Crippen molar-refractivity contribution >= 4 is 34.2 Å². The number of para-hydroxylation sites is 1. The van der Waals surface area contributed by atoms with E-state index < -0.39 is 0 Å². The Morgan fingerprint density at radius 1 is 0.742 bits per heavy atom. The van der Waals surface area contributed by atoms with E-state index in [0.29, 0.717) is 0 Å². The van der Waals surface area contributed by atoms with Crippen molar-refractivity contribution in [2.45, 2.75) is 40.2 Å². The second-order valence-electron chi connectivity index (χ2n) is 9.35. The number of hydrogen-bond donors (Lipinski definition) is 0. The van der Waals surface area contributed by atoms with Crippen LogP contribution in [0.3, 0.4) is 0 Å². The molecular weight excluding hydrogens is 378 g/mol. The standard InChI is InChI=1S/C28H27N3/c1-18-10-14-20(15-11-18)24-25-22-8-6-7-9-23(22)30-27(25)31(28(3,4)5)26(24)29-21-16-12-19(2)13-17-21/h6-17H,1-5H3. The molecule has 0 atom stereocenters. The van der Waals surface area contributed by atoms with E-state index in [-0.39, 0.29) is 5.54 Å². The molecule has 3 aromatic carbocycles. The predicted molar refractivity (Wildman–Crippen MR) is 131 cm³/mol. The van der Waals surface area contributed by atoms with Gasteiger partial charge in [-0.1, -0.05) is 65.7 Å². The first-order valence-electron chi connectivity index (χ1n) is 10.8. The van der Waals surface area contributed by atoms with Crippen molar-refractivity contribution < 1.29 is 0 Å². The number of aliphatic imine (C=N–C) groups is 2. The van der Waals surface area contributed by atoms with E-state index in [1.165, 1.54) is 27.8 Å². The summed E-state index contributed by atoms with van der Waals surface area (Å²) in [5.74, 6) is 1.96. The molecule has 154 valence electrons. The molecule has 2 aliphatic rings. The van der Waals surface area contributed by atoms with E-state index >= 15 is 0 Å². The molecule has 0 amide bonds. The van der Waals surface area contributed by atoms with Gasteiger partial charge in [-0.05, 0) is 58.4 Å². The molecule has 0 spiro atoms. The van der Waals surface area contributed by atoms with Gasteiger partial charge in [0.1, 0.15) is 11.7 Å². The van der Waals surface area contributed by atoms with E-state index in [1.54, 1.807) is 0 Å². The second kappa shape index (κ2) is 7.05. The fourth-order valence-electron chi connectivity index (χ4n) is 4.28. The molecule has 2 heterocycles. The monoisotopic (exact) mass is 405 g/mol. The zero-order chi connectivity index (χ0) is 21.8. The van der Waals surface area contributed by atoms with Crippen molar-refractivity contribution in [3.05, 3.63) is 95.1 Å². The van der Waals surface area contributed by atoms with Crippen molar-refractivity contribution in [2.24, 2.45) is 9.98 Å². The Bertz CT molecular complexity index is 1250. The predicted octanol–water partition coefficient (Wildman–Crippen LogP) is 7.10. The summed E-state index contributed by atoms with van der Waals surface area (Å²) in [5.41, 5.74) is 8.96. The fraction of sp³-hybridized carbons (Fsp3) is 0.214. The number of nitrogens with zero attached hydrogens (tertiary/aromatic N) is 3. The molecule has 0 N–H and O–H groups in total. The molecule has 3 heteroatoms. The smallest absolute Gasteiger partial charge is 0.144 e. The van der Waals surface area contributed by atoms with Crippen LogP contribution in [0.4, 0.5) is 11.4 Å². The molecule has 0 saturated carbocycles. The highest BCUT2D eigenvalue weighted by Gasteiger charge is 2.44. The maximum atomic E-state index is 5.19. The molecule has 0 aliphatic carbocycles. The molecule has 3 aromatic rings. The lowest BCUT2D eigenvalue weighted by Crippen LogP contribution is -2.46. The molecule has 31 heavy (non-hydrogen) atoms. The summed E-state index contributed by atoms with van der Waals surface area (Å²) >= 11 is 0. The van der Waals surface area contributed by atoms with Crippen LogP contribution in [0, 0.1) is 13.8 Å². The summed E-state index contributed by atoms with van der Waals surface area (Å²) < 4.78 is 0. The van der Waals surface area contributed by atoms with E-state index in [2.05, 4.69) is 112 Å². The molecular formula is C28H27N3. The van der Waals surface area contributed by atoms with E-state index in [1.807, 2.05) is 0 Å². The molecule has 0 bridgehead atoms. The Morgan fingerprint density at radius 3 is 2.00 bits per heavy atom. The van der Waals surface area contributed by atoms with Gasteiger partial charge in [0.2, 0.25) is 0 Å². The normalized spacial score (nSPS) is 16.6. The van der Waals surface area contributed by atoms with E-state index in [9.17, 15) is 0 Å². The summed E-state index contributed by atoms with van der Waals surface area (Å²) in [6.45, 7) is 10.9. The van der Waals surface area contributed by atoms with Gasteiger partial charge in [-0.25, -0.2) is 9.98 Å². The quantitative estimate of drug-likeness (QED) is 0.447. The Morgan fingerprint density at radius 2 is 1.35 bits per heavy atom. The molecule has 2 aliphatic heterocycles. The van der Waals surface area contributed by atoms with Gasteiger partial charge in [-0.3, -0.25) is 0 Å². The summed E-state index contributed by atoms with van der Waals surface area (Å²) in [5, 5.41) is 0. The third-order valence-electron chi connectivity index (χ3n) is 5.80. The zero-order valence-corrected chi connectivity index (χ0v) is 18.8. The number of hydrogen-bond acceptors (Lipinski definition) is 2. The average Bonchev–Trinajstić information content (AvgIpc) is 3.24. The van der Waals surface area contributed by atoms with Crippen LogP contribution in [0.25, 0.3) is 11.1 Å². The van der Waals surface area contributed by atoms with E-state index in [4.69, 9.17) is 9.98 Å². The average molecular weight is 406 g/mol. The minimum absolute atomic E-state index is 0.178. The van der Waals surface area contributed by atoms with Crippen LogP contribution in [-0.2, 0) is 0 Å². The number of benzene rings is 3. The van der Waals surface area contributed by atoms with Gasteiger partial charge >= 0.3 is 0 Å². The molecule has 0 aromatic heterocycles. The summed E-state index contributed by atoms with van der Waals surface area (Å²) in [6.07, 6.45) is 0. The van der Waals surface area contributed by atoms with Crippen LogP contribution in [0.2, 0.25) is 0 Å². The molecule has 0 fully saturated rings. The highest BCUT2D eigenvalue weighted by Crippen LogP contribution is 2.47. The third kappa shape index (κ3) is 3.31. The van der Waals surface area contributed by atoms with Crippen LogP contribution in [0.5, 0.6) is 0 Å². The van der Waals surface area contributed by atoms with Gasteiger partial charge in [0, 0.05) is 22.2 Å². The van der Waals surface area contributed by atoms with Crippen molar-refractivity contribution in [3.63, 3.8) is 0 Å². The van der Waals surface area contributed by atoms with Crippen molar-refractivity contribution in [1.82, 2.24) is 4.90 Å². The molecule has 0 radical (unpaired) electrons. The summed E-state index contributed by atoms with van der Waals surface area (Å²) in [7, 11) is 0. The number of rotatable bonds is 2. The summed E-state index contributed by atoms with van der Waals surface area (Å²) in [4.78, 5) is 12.6. The Balaban J connectivity index is 1.82. The van der Waals surface area contributed by atoms with Gasteiger partial charge in [-0.15, -0.1) is 0 Å². The number of amidine groups is 2. The van der Waals surface area contributed by atoms with Crippen molar-refractivity contribution in [1.29, 1.82) is 0 Å². The largest absolute Gasteiger partial charge is 0.305 e. The van der Waals surface area contributed by atoms with Gasteiger partial charge < -0.3 is 4.90 Å². The van der Waals surface area contributed by atoms with Crippen LogP contribution in [-0.4, -0.2) is 22.1 Å². The maximum absolute atomic E-state index is 5.19. The van der Waals surface area contributed by atoms with Crippen LogP contribution in [0.15, 0.2) is 82.8 Å². The highest BCUT2D eigenvalue weighted by molar-refractivity contribution is 6.53. The first kappa shape index (κ1) is 19.5. The zero-order valence-electron chi connectivity index (χ0n) is 18.8. The minimum atomic E-state index is -0.178. The molecule has 0 unspecified atom stereocenters. The van der Waals surface area contributed by atoms with Crippen LogP contribution < -0.4 is 0 Å². The van der Waals surface area contributed by atoms with Crippen molar-refractivity contribution in [2.75, 3.05) is 0 Å². The first-order valence-corrected chi connectivity index (χ1v) is 10.8. The van der Waals surface area contributed by atoms with Gasteiger partial charge in [0.05, 0.1) is 11.4 Å². The molecule has 0 saturated heterocycles. The lowest BCUT2D eigenvalue weighted by molar-refractivity contribution is 0.350. The Hall–Kier alpha value is -3.46. The highest BCUT2D eigenvalue weighted by atomic mass is 15.3. The lowest BCUT2D eigenvalue weighted by atomic mass is 9.96. The van der Waals surface area contributed by atoms with Gasteiger partial charge in [0.15, 0.2) is 0 Å². The SMILES string of the molecule is Cc1ccc(N=C2C(c3ccc(C)cc3)=C3C(=Nc4ccccc43)N2C(C)(C)C)cc1. The van der Waals surface area contributed by atoms with Gasteiger partial charge in [0.25, 0.3) is 0 Å². The fourth-order valence-corrected chi connectivity index (χ4v) is 4.28. The van der Waals surface area contributed by atoms with Gasteiger partial charge in [-0.2, -0.15) is 0 Å². The Kier molecular flexibility index (Phi) is 4.44. The van der Waals surface area contributed by atoms with E-state index in [0.717, 1.165) is 28.6 Å². The maximum Gasteiger partial charge on any atom is 0.144 e. The second-order valence-corrected chi connectivity index (χ2v) is 9.35. The molecule has 3 nitrogen and oxygen atoms in total. The molecule has 5 rings (SSSR count). The third-order valence-corrected chi connectivity index (χ3v) is 5.80. The summed E-state index contributed by atoms with van der Waals surface area (Å²) in [6, 6.07) is 25.6. The number of aryl methyl sites for hydroxylation is 2. The Labute approximate surface area is 184 Å². The lowest BCUT2D eigenvalue weighted by Gasteiger charge is -2.34. The van der Waals surface area contributed by atoms with Crippen LogP contribution in [0.1, 0.15) is 43.0 Å². The first-order chi connectivity index (χ1) is 14.8. The van der Waals surface area contributed by atoms with Crippen molar-refractivity contribution in [3.8, 4) is 0 Å². The topological polar surface area (TPSA) is 28.0 Å². The number of fused-ring (bicyclic) bond motifs is 3.